The number of rotatable bonds is 7. The molecule has 1 fully saturated rings. The molecule has 39 heavy (non-hydrogen) atoms. The fourth-order valence-electron chi connectivity index (χ4n) is 5.39. The van der Waals surface area contributed by atoms with Crippen LogP contribution >= 0.6 is 11.3 Å². The Bertz CT molecular complexity index is 1310. The van der Waals surface area contributed by atoms with E-state index in [4.69, 9.17) is 9.26 Å². The van der Waals surface area contributed by atoms with Gasteiger partial charge in [-0.25, -0.2) is 4.79 Å². The molecule has 2 aliphatic rings. The summed E-state index contributed by atoms with van der Waals surface area (Å²) in [5.74, 6) is 0.727. The van der Waals surface area contributed by atoms with E-state index in [0.29, 0.717) is 35.4 Å². The number of hydrogen-bond acceptors (Lipinski definition) is 8. The van der Waals surface area contributed by atoms with Gasteiger partial charge in [0.15, 0.2) is 0 Å². The smallest absolute Gasteiger partial charge is 0.341 e. The maximum Gasteiger partial charge on any atom is 0.341 e. The number of hydrogen-bond donors (Lipinski definition) is 1. The van der Waals surface area contributed by atoms with E-state index in [1.54, 1.807) is 11.3 Å². The summed E-state index contributed by atoms with van der Waals surface area (Å²) in [6, 6.07) is 8.30. The number of ether oxygens (including phenoxy) is 1. The SMILES string of the molecule is CCOC(=O)c1c(NC(=O)C2CCN(Cc3nc(-c4ccc(C(C)(C)C)cc4)no3)CC2)sc2c1CCCC2. The number of aryl methyl sites for hydroxylation is 1. The summed E-state index contributed by atoms with van der Waals surface area (Å²) in [7, 11) is 0. The monoisotopic (exact) mass is 550 g/mol. The van der Waals surface area contributed by atoms with Crippen LogP contribution in [0.15, 0.2) is 28.8 Å². The standard InChI is InChI=1S/C30H38N4O4S/c1-5-37-29(36)25-22-8-6-7-9-23(22)39-28(25)32-27(35)20-14-16-34(17-15-20)18-24-31-26(33-38-24)19-10-12-21(13-11-19)30(2,3)4/h10-13,20H,5-9,14-18H2,1-4H3,(H,32,35). The summed E-state index contributed by atoms with van der Waals surface area (Å²) in [6.07, 6.45) is 5.48. The Balaban J connectivity index is 1.17. The number of benzene rings is 1. The number of anilines is 1. The molecule has 5 rings (SSSR count). The molecule has 0 radical (unpaired) electrons. The number of likely N-dealkylation sites (tertiary alicyclic amines) is 1. The van der Waals surface area contributed by atoms with Gasteiger partial charge in [0, 0.05) is 16.4 Å². The van der Waals surface area contributed by atoms with Gasteiger partial charge >= 0.3 is 5.97 Å². The van der Waals surface area contributed by atoms with E-state index in [2.05, 4.69) is 53.3 Å². The van der Waals surface area contributed by atoms with Crippen LogP contribution in [0, 0.1) is 5.92 Å². The zero-order valence-electron chi connectivity index (χ0n) is 23.3. The van der Waals surface area contributed by atoms with Crippen molar-refractivity contribution in [3.05, 3.63) is 51.7 Å². The summed E-state index contributed by atoms with van der Waals surface area (Å²) in [6.45, 7) is 10.8. The highest BCUT2D eigenvalue weighted by Crippen LogP contribution is 2.39. The number of amides is 1. The first kappa shape index (κ1) is 27.5. The van der Waals surface area contributed by atoms with Gasteiger partial charge in [-0.1, -0.05) is 50.2 Å². The maximum atomic E-state index is 13.2. The minimum Gasteiger partial charge on any atom is -0.462 e. The van der Waals surface area contributed by atoms with Gasteiger partial charge < -0.3 is 14.6 Å². The van der Waals surface area contributed by atoms with Crippen LogP contribution in [-0.4, -0.2) is 46.6 Å². The van der Waals surface area contributed by atoms with E-state index in [1.165, 1.54) is 10.4 Å². The molecule has 208 valence electrons. The maximum absolute atomic E-state index is 13.2. The number of nitrogens with one attached hydrogen (secondary N) is 1. The van der Waals surface area contributed by atoms with Crippen LogP contribution in [0.3, 0.4) is 0 Å². The first-order valence-corrected chi connectivity index (χ1v) is 14.8. The molecule has 0 atom stereocenters. The van der Waals surface area contributed by atoms with Crippen LogP contribution in [0.1, 0.15) is 85.6 Å². The lowest BCUT2D eigenvalue weighted by atomic mass is 9.87. The summed E-state index contributed by atoms with van der Waals surface area (Å²) in [5, 5.41) is 7.93. The minimum absolute atomic E-state index is 0.0161. The number of aromatic nitrogens is 2. The van der Waals surface area contributed by atoms with Gasteiger partial charge in [0.05, 0.1) is 18.7 Å². The minimum atomic E-state index is -0.328. The molecule has 0 unspecified atom stereocenters. The van der Waals surface area contributed by atoms with Crippen molar-refractivity contribution >= 4 is 28.2 Å². The van der Waals surface area contributed by atoms with Crippen molar-refractivity contribution < 1.29 is 18.8 Å². The number of fused-ring (bicyclic) bond motifs is 1. The van der Waals surface area contributed by atoms with Crippen LogP contribution in [0.4, 0.5) is 5.00 Å². The normalized spacial score (nSPS) is 16.6. The Morgan fingerprint density at radius 3 is 2.54 bits per heavy atom. The number of thiophene rings is 1. The fraction of sp³-hybridized carbons (Fsp3) is 0.533. The summed E-state index contributed by atoms with van der Waals surface area (Å²) in [5.41, 5.74) is 3.93. The van der Waals surface area contributed by atoms with Gasteiger partial charge in [-0.15, -0.1) is 11.3 Å². The van der Waals surface area contributed by atoms with Crippen molar-refractivity contribution in [2.75, 3.05) is 25.0 Å². The van der Waals surface area contributed by atoms with Crippen LogP contribution < -0.4 is 5.32 Å². The van der Waals surface area contributed by atoms with E-state index < -0.39 is 0 Å². The third-order valence-electron chi connectivity index (χ3n) is 7.68. The van der Waals surface area contributed by atoms with Crippen molar-refractivity contribution in [1.29, 1.82) is 0 Å². The zero-order valence-corrected chi connectivity index (χ0v) is 24.2. The molecule has 3 heterocycles. The van der Waals surface area contributed by atoms with E-state index in [9.17, 15) is 9.59 Å². The summed E-state index contributed by atoms with van der Waals surface area (Å²) in [4.78, 5) is 34.0. The fourth-order valence-corrected chi connectivity index (χ4v) is 6.67. The average molecular weight is 551 g/mol. The Kier molecular flexibility index (Phi) is 8.19. The largest absolute Gasteiger partial charge is 0.462 e. The number of carbonyl (C=O) groups excluding carboxylic acids is 2. The van der Waals surface area contributed by atoms with Crippen molar-refractivity contribution in [3.63, 3.8) is 0 Å². The lowest BCUT2D eigenvalue weighted by Gasteiger charge is -2.30. The predicted molar refractivity (Wildman–Crippen MR) is 152 cm³/mol. The van der Waals surface area contributed by atoms with Crippen molar-refractivity contribution in [3.8, 4) is 11.4 Å². The molecule has 1 aliphatic heterocycles. The van der Waals surface area contributed by atoms with Gasteiger partial charge in [-0.2, -0.15) is 4.98 Å². The highest BCUT2D eigenvalue weighted by molar-refractivity contribution is 7.17. The molecule has 9 heteroatoms. The molecule has 3 aromatic rings. The third kappa shape index (κ3) is 6.25. The molecular formula is C30H38N4O4S. The van der Waals surface area contributed by atoms with Crippen molar-refractivity contribution in [1.82, 2.24) is 15.0 Å². The molecule has 0 spiro atoms. The van der Waals surface area contributed by atoms with Gasteiger partial charge in [-0.3, -0.25) is 9.69 Å². The second-order valence-electron chi connectivity index (χ2n) is 11.5. The average Bonchev–Trinajstić information content (AvgIpc) is 3.53. The number of carbonyl (C=O) groups is 2. The van der Waals surface area contributed by atoms with Crippen molar-refractivity contribution in [2.45, 2.75) is 78.2 Å². The number of piperidine rings is 1. The topological polar surface area (TPSA) is 97.6 Å². The highest BCUT2D eigenvalue weighted by Gasteiger charge is 2.31. The van der Waals surface area contributed by atoms with Gasteiger partial charge in [0.25, 0.3) is 0 Å². The lowest BCUT2D eigenvalue weighted by Crippen LogP contribution is -2.37. The Labute approximate surface area is 234 Å². The van der Waals surface area contributed by atoms with E-state index in [0.717, 1.165) is 62.7 Å². The first-order valence-electron chi connectivity index (χ1n) is 14.0. The Morgan fingerprint density at radius 1 is 1.13 bits per heavy atom. The van der Waals surface area contributed by atoms with Gasteiger partial charge in [0.1, 0.15) is 5.00 Å². The molecule has 1 saturated heterocycles. The number of nitrogens with zero attached hydrogens (tertiary/aromatic N) is 3. The molecule has 8 nitrogen and oxygen atoms in total. The highest BCUT2D eigenvalue weighted by atomic mass is 32.1. The molecule has 2 aromatic heterocycles. The van der Waals surface area contributed by atoms with Gasteiger partial charge in [-0.05, 0) is 75.1 Å². The zero-order chi connectivity index (χ0) is 27.6. The van der Waals surface area contributed by atoms with Crippen LogP contribution in [0.5, 0.6) is 0 Å². The predicted octanol–water partition coefficient (Wildman–Crippen LogP) is 6.00. The van der Waals surface area contributed by atoms with Gasteiger partial charge in [0.2, 0.25) is 17.6 Å². The summed E-state index contributed by atoms with van der Waals surface area (Å²) < 4.78 is 10.9. The van der Waals surface area contributed by atoms with E-state index in [-0.39, 0.29) is 23.2 Å². The first-order chi connectivity index (χ1) is 18.7. The van der Waals surface area contributed by atoms with Crippen LogP contribution in [0.2, 0.25) is 0 Å². The third-order valence-corrected chi connectivity index (χ3v) is 8.89. The van der Waals surface area contributed by atoms with Crippen LogP contribution in [-0.2, 0) is 34.3 Å². The second-order valence-corrected chi connectivity index (χ2v) is 12.6. The van der Waals surface area contributed by atoms with Crippen LogP contribution in [0.25, 0.3) is 11.4 Å². The molecule has 0 saturated carbocycles. The Hall–Kier alpha value is -3.04. The van der Waals surface area contributed by atoms with Crippen molar-refractivity contribution in [2.24, 2.45) is 5.92 Å². The quantitative estimate of drug-likeness (QED) is 0.360. The summed E-state index contributed by atoms with van der Waals surface area (Å²) >= 11 is 1.54. The van der Waals surface area contributed by atoms with E-state index >= 15 is 0 Å². The number of esters is 1. The van der Waals surface area contributed by atoms with E-state index in [1.807, 2.05) is 19.1 Å². The Morgan fingerprint density at radius 2 is 1.85 bits per heavy atom. The molecule has 1 N–H and O–H groups in total. The second kappa shape index (κ2) is 11.6. The lowest BCUT2D eigenvalue weighted by molar-refractivity contribution is -0.121. The molecule has 1 amide bonds. The molecule has 1 aliphatic carbocycles. The molecule has 0 bridgehead atoms. The molecule has 1 aromatic carbocycles. The molecular weight excluding hydrogens is 512 g/mol.